The molecule has 0 amide bonds. The number of nitrogens with two attached hydrogens (primary N) is 1. The lowest BCUT2D eigenvalue weighted by Gasteiger charge is -2.08. The molecule has 1 rings (SSSR count). The van der Waals surface area contributed by atoms with Crippen LogP contribution in [0.3, 0.4) is 0 Å². The van der Waals surface area contributed by atoms with E-state index in [4.69, 9.17) is 5.73 Å². The van der Waals surface area contributed by atoms with Crippen LogP contribution >= 0.6 is 0 Å². The highest BCUT2D eigenvalue weighted by Gasteiger charge is 2.05. The lowest BCUT2D eigenvalue weighted by molar-refractivity contribution is 0.473. The summed E-state index contributed by atoms with van der Waals surface area (Å²) in [6.45, 7) is 5.83. The topological polar surface area (TPSA) is 46.2 Å². The average Bonchev–Trinajstić information content (AvgIpc) is 1.97. The van der Waals surface area contributed by atoms with E-state index >= 15 is 0 Å². The summed E-state index contributed by atoms with van der Waals surface area (Å²) in [5, 5.41) is 9.39. The van der Waals surface area contributed by atoms with Gasteiger partial charge in [0.2, 0.25) is 0 Å². The predicted octanol–water partition coefficient (Wildman–Crippen LogP) is 1.90. The molecule has 2 heteroatoms. The Kier molecular flexibility index (Phi) is 1.77. The van der Waals surface area contributed by atoms with Gasteiger partial charge in [-0.1, -0.05) is 0 Å². The zero-order chi connectivity index (χ0) is 8.59. The lowest BCUT2D eigenvalue weighted by atomic mass is 10.0. The van der Waals surface area contributed by atoms with E-state index in [0.717, 1.165) is 16.7 Å². The van der Waals surface area contributed by atoms with Crippen LogP contribution in [0.25, 0.3) is 0 Å². The zero-order valence-corrected chi connectivity index (χ0v) is 7.10. The van der Waals surface area contributed by atoms with Crippen LogP contribution in [0.5, 0.6) is 5.75 Å². The quantitative estimate of drug-likeness (QED) is 0.439. The van der Waals surface area contributed by atoms with Crippen molar-refractivity contribution in [1.29, 1.82) is 0 Å². The molecule has 0 heterocycles. The summed E-state index contributed by atoms with van der Waals surface area (Å²) in [7, 11) is 0. The van der Waals surface area contributed by atoms with Gasteiger partial charge >= 0.3 is 0 Å². The summed E-state index contributed by atoms with van der Waals surface area (Å²) in [6.07, 6.45) is 0. The Morgan fingerprint density at radius 1 is 1.18 bits per heavy atom. The van der Waals surface area contributed by atoms with Gasteiger partial charge in [-0.3, -0.25) is 0 Å². The highest BCUT2D eigenvalue weighted by Crippen LogP contribution is 2.29. The predicted molar refractivity (Wildman–Crippen MR) is 46.7 cm³/mol. The van der Waals surface area contributed by atoms with E-state index in [-0.39, 0.29) is 5.75 Å². The van der Waals surface area contributed by atoms with E-state index in [1.165, 1.54) is 0 Å². The fraction of sp³-hybridized carbons (Fsp3) is 0.333. The number of nitrogen functional groups attached to an aromatic ring is 1. The number of phenolic OH excluding ortho intramolecular Hbond substituents is 1. The zero-order valence-electron chi connectivity index (χ0n) is 7.10. The maximum absolute atomic E-state index is 9.39. The van der Waals surface area contributed by atoms with Crippen LogP contribution in [-0.4, -0.2) is 5.11 Å². The Hall–Kier alpha value is -1.18. The molecular weight excluding hydrogens is 138 g/mol. The van der Waals surface area contributed by atoms with E-state index in [2.05, 4.69) is 0 Å². The number of aryl methyl sites for hydroxylation is 1. The first-order valence-corrected chi connectivity index (χ1v) is 3.59. The monoisotopic (exact) mass is 151 g/mol. The Labute approximate surface area is 66.7 Å². The van der Waals surface area contributed by atoms with Gasteiger partial charge in [0.1, 0.15) is 5.75 Å². The molecule has 3 N–H and O–H groups in total. The molecule has 11 heavy (non-hydrogen) atoms. The van der Waals surface area contributed by atoms with Crippen molar-refractivity contribution in [3.05, 3.63) is 22.8 Å². The molecule has 0 aliphatic heterocycles. The van der Waals surface area contributed by atoms with Gasteiger partial charge in [0.25, 0.3) is 0 Å². The summed E-state index contributed by atoms with van der Waals surface area (Å²) in [5.41, 5.74) is 9.11. The molecule has 0 spiro atoms. The van der Waals surface area contributed by atoms with Gasteiger partial charge < -0.3 is 10.8 Å². The third-order valence-electron chi connectivity index (χ3n) is 2.15. The molecule has 0 saturated carbocycles. The first-order valence-electron chi connectivity index (χ1n) is 3.59. The normalized spacial score (nSPS) is 10.1. The van der Waals surface area contributed by atoms with Crippen LogP contribution in [-0.2, 0) is 0 Å². The minimum absolute atomic E-state index is 0.216. The van der Waals surface area contributed by atoms with E-state index in [9.17, 15) is 5.11 Å². The Bertz CT molecular complexity index is 266. The maximum Gasteiger partial charge on any atom is 0.141 e. The van der Waals surface area contributed by atoms with Crippen molar-refractivity contribution < 1.29 is 5.11 Å². The second-order valence-corrected chi connectivity index (χ2v) is 2.88. The average molecular weight is 151 g/mol. The van der Waals surface area contributed by atoms with Crippen LogP contribution in [0.1, 0.15) is 16.7 Å². The summed E-state index contributed by atoms with van der Waals surface area (Å²) in [5.74, 6) is 0.216. The SMILES string of the molecule is Cc1cc(N)c(O)c(C)c1C. The first kappa shape index (κ1) is 7.92. The van der Waals surface area contributed by atoms with E-state index < -0.39 is 0 Å². The minimum atomic E-state index is 0.216. The third kappa shape index (κ3) is 1.16. The number of benzene rings is 1. The molecule has 0 bridgehead atoms. The lowest BCUT2D eigenvalue weighted by Crippen LogP contribution is -1.93. The van der Waals surface area contributed by atoms with E-state index in [0.29, 0.717) is 5.69 Å². The van der Waals surface area contributed by atoms with Crippen LogP contribution in [0, 0.1) is 20.8 Å². The minimum Gasteiger partial charge on any atom is -0.506 e. The van der Waals surface area contributed by atoms with Crippen LogP contribution in [0.15, 0.2) is 6.07 Å². The molecule has 0 aliphatic rings. The number of aromatic hydroxyl groups is 1. The third-order valence-corrected chi connectivity index (χ3v) is 2.15. The molecule has 1 aromatic carbocycles. The van der Waals surface area contributed by atoms with Crippen molar-refractivity contribution in [3.63, 3.8) is 0 Å². The van der Waals surface area contributed by atoms with Crippen molar-refractivity contribution in [2.24, 2.45) is 0 Å². The van der Waals surface area contributed by atoms with E-state index in [1.807, 2.05) is 20.8 Å². The highest BCUT2D eigenvalue weighted by atomic mass is 16.3. The molecule has 0 aliphatic carbocycles. The summed E-state index contributed by atoms with van der Waals surface area (Å²) in [4.78, 5) is 0. The fourth-order valence-electron chi connectivity index (χ4n) is 1.10. The van der Waals surface area contributed by atoms with Crippen LogP contribution in [0.4, 0.5) is 5.69 Å². The number of hydrogen-bond acceptors (Lipinski definition) is 2. The van der Waals surface area contributed by atoms with Crippen molar-refractivity contribution in [2.75, 3.05) is 5.73 Å². The summed E-state index contributed by atoms with van der Waals surface area (Å²) >= 11 is 0. The molecule has 0 saturated heterocycles. The first-order chi connectivity index (χ1) is 5.04. The van der Waals surface area contributed by atoms with Crippen molar-refractivity contribution in [3.8, 4) is 5.75 Å². The largest absolute Gasteiger partial charge is 0.506 e. The number of rotatable bonds is 0. The van der Waals surface area contributed by atoms with Gasteiger partial charge in [-0.25, -0.2) is 0 Å². The summed E-state index contributed by atoms with van der Waals surface area (Å²) in [6, 6.07) is 1.79. The number of hydrogen-bond donors (Lipinski definition) is 2. The maximum atomic E-state index is 9.39. The van der Waals surface area contributed by atoms with Crippen molar-refractivity contribution in [2.45, 2.75) is 20.8 Å². The second-order valence-electron chi connectivity index (χ2n) is 2.88. The molecule has 2 nitrogen and oxygen atoms in total. The molecule has 0 fully saturated rings. The standard InChI is InChI=1S/C9H13NO/c1-5-4-8(10)9(11)7(3)6(5)2/h4,11H,10H2,1-3H3. The number of phenols is 1. The van der Waals surface area contributed by atoms with Crippen molar-refractivity contribution >= 4 is 5.69 Å². The van der Waals surface area contributed by atoms with Gasteiger partial charge in [0, 0.05) is 0 Å². The molecular formula is C9H13NO. The molecule has 0 atom stereocenters. The highest BCUT2D eigenvalue weighted by molar-refractivity contribution is 5.60. The van der Waals surface area contributed by atoms with Crippen LogP contribution in [0.2, 0.25) is 0 Å². The van der Waals surface area contributed by atoms with Gasteiger partial charge in [-0.05, 0) is 43.5 Å². The Morgan fingerprint density at radius 2 is 1.73 bits per heavy atom. The number of anilines is 1. The molecule has 0 radical (unpaired) electrons. The van der Waals surface area contributed by atoms with Gasteiger partial charge in [-0.15, -0.1) is 0 Å². The second kappa shape index (κ2) is 2.46. The van der Waals surface area contributed by atoms with Crippen LogP contribution < -0.4 is 5.73 Å². The fourth-order valence-corrected chi connectivity index (χ4v) is 1.10. The Balaban J connectivity index is 3.46. The van der Waals surface area contributed by atoms with Gasteiger partial charge in [0.15, 0.2) is 0 Å². The molecule has 0 aromatic heterocycles. The van der Waals surface area contributed by atoms with Gasteiger partial charge in [-0.2, -0.15) is 0 Å². The Morgan fingerprint density at radius 3 is 2.27 bits per heavy atom. The van der Waals surface area contributed by atoms with Crippen molar-refractivity contribution in [1.82, 2.24) is 0 Å². The molecule has 60 valence electrons. The van der Waals surface area contributed by atoms with E-state index in [1.54, 1.807) is 6.07 Å². The smallest absolute Gasteiger partial charge is 0.141 e. The molecule has 1 aromatic rings. The summed E-state index contributed by atoms with van der Waals surface area (Å²) < 4.78 is 0. The van der Waals surface area contributed by atoms with Gasteiger partial charge in [0.05, 0.1) is 5.69 Å². The molecule has 0 unspecified atom stereocenters.